The van der Waals surface area contributed by atoms with E-state index in [4.69, 9.17) is 0 Å². The lowest BCUT2D eigenvalue weighted by Gasteiger charge is -2.21. The van der Waals surface area contributed by atoms with E-state index in [0.29, 0.717) is 19.6 Å². The van der Waals surface area contributed by atoms with Gasteiger partial charge in [0, 0.05) is 31.7 Å². The lowest BCUT2D eigenvalue weighted by atomic mass is 10.2. The summed E-state index contributed by atoms with van der Waals surface area (Å²) in [5.41, 5.74) is 1.84. The summed E-state index contributed by atoms with van der Waals surface area (Å²) in [6, 6.07) is 16.9. The molecule has 1 aliphatic rings. The van der Waals surface area contributed by atoms with E-state index in [2.05, 4.69) is 15.1 Å². The molecule has 2 aromatic rings. The molecule has 1 fully saturated rings. The Kier molecular flexibility index (Phi) is 6.75. The minimum atomic E-state index is -0.145. The second kappa shape index (κ2) is 9.46. The molecule has 0 spiro atoms. The molecule has 1 saturated heterocycles. The van der Waals surface area contributed by atoms with Crippen molar-refractivity contribution >= 4 is 5.91 Å². The van der Waals surface area contributed by atoms with Crippen LogP contribution >= 0.6 is 0 Å². The number of hydrogen-bond donors (Lipinski definition) is 1. The highest BCUT2D eigenvalue weighted by Gasteiger charge is 2.18. The number of carbonyl (C=O) groups excluding carboxylic acids is 1. The number of amides is 1. The van der Waals surface area contributed by atoms with Crippen LogP contribution in [0, 0.1) is 5.82 Å². The van der Waals surface area contributed by atoms with E-state index in [0.717, 1.165) is 43.7 Å². The molecule has 1 N–H and O–H groups in total. The summed E-state index contributed by atoms with van der Waals surface area (Å²) in [7, 11) is 0. The van der Waals surface area contributed by atoms with Gasteiger partial charge in [0.2, 0.25) is 5.91 Å². The van der Waals surface area contributed by atoms with Crippen LogP contribution in [0.5, 0.6) is 0 Å². The standard InChI is InChI=1S/C21H26FN3O/c22-20-10-5-4-9-19(20)16-24-11-6-12-25(14-13-24)17-21(26)23-15-18-7-2-1-3-8-18/h1-5,7-10H,6,11-17H2,(H,23,26). The largest absolute Gasteiger partial charge is 0.351 e. The zero-order valence-corrected chi connectivity index (χ0v) is 15.0. The molecule has 0 radical (unpaired) electrons. The van der Waals surface area contributed by atoms with Crippen LogP contribution in [0.3, 0.4) is 0 Å². The third kappa shape index (κ3) is 5.64. The molecule has 4 nitrogen and oxygen atoms in total. The zero-order valence-electron chi connectivity index (χ0n) is 15.0. The maximum absolute atomic E-state index is 13.8. The Morgan fingerprint density at radius 3 is 2.42 bits per heavy atom. The van der Waals surface area contributed by atoms with Crippen molar-refractivity contribution in [3.05, 3.63) is 71.5 Å². The summed E-state index contributed by atoms with van der Waals surface area (Å²) < 4.78 is 13.8. The Labute approximate surface area is 154 Å². The Morgan fingerprint density at radius 2 is 1.62 bits per heavy atom. The van der Waals surface area contributed by atoms with Crippen LogP contribution in [0.4, 0.5) is 4.39 Å². The second-order valence-electron chi connectivity index (χ2n) is 6.76. The third-order valence-electron chi connectivity index (χ3n) is 4.73. The molecule has 138 valence electrons. The number of hydrogen-bond acceptors (Lipinski definition) is 3. The van der Waals surface area contributed by atoms with Crippen molar-refractivity contribution in [1.29, 1.82) is 0 Å². The maximum Gasteiger partial charge on any atom is 0.234 e. The lowest BCUT2D eigenvalue weighted by molar-refractivity contribution is -0.122. The van der Waals surface area contributed by atoms with E-state index < -0.39 is 0 Å². The molecule has 0 bridgehead atoms. The molecule has 3 rings (SSSR count). The highest BCUT2D eigenvalue weighted by Crippen LogP contribution is 2.12. The molecule has 1 aliphatic heterocycles. The van der Waals surface area contributed by atoms with Crippen LogP contribution < -0.4 is 5.32 Å². The Balaban J connectivity index is 1.43. The van der Waals surface area contributed by atoms with Crippen LogP contribution in [0.15, 0.2) is 54.6 Å². The van der Waals surface area contributed by atoms with E-state index in [1.807, 2.05) is 42.5 Å². The summed E-state index contributed by atoms with van der Waals surface area (Å²) in [5.74, 6) is -0.0923. The smallest absolute Gasteiger partial charge is 0.234 e. The molecular weight excluding hydrogens is 329 g/mol. The molecule has 0 atom stereocenters. The highest BCUT2D eigenvalue weighted by atomic mass is 19.1. The Bertz CT molecular complexity index is 707. The van der Waals surface area contributed by atoms with Crippen LogP contribution in [0.2, 0.25) is 0 Å². The molecule has 1 amide bonds. The van der Waals surface area contributed by atoms with E-state index in [9.17, 15) is 9.18 Å². The molecule has 5 heteroatoms. The minimum absolute atomic E-state index is 0.0522. The van der Waals surface area contributed by atoms with E-state index >= 15 is 0 Å². The summed E-state index contributed by atoms with van der Waals surface area (Å²) in [6.45, 7) is 5.10. The van der Waals surface area contributed by atoms with E-state index in [1.165, 1.54) is 6.07 Å². The van der Waals surface area contributed by atoms with Gasteiger partial charge in [0.15, 0.2) is 0 Å². The van der Waals surface area contributed by atoms with Gasteiger partial charge in [0.25, 0.3) is 0 Å². The van der Waals surface area contributed by atoms with E-state index in [-0.39, 0.29) is 11.7 Å². The minimum Gasteiger partial charge on any atom is -0.351 e. The predicted octanol–water partition coefficient (Wildman–Crippen LogP) is 2.65. The molecule has 26 heavy (non-hydrogen) atoms. The van der Waals surface area contributed by atoms with Crippen molar-refractivity contribution in [2.45, 2.75) is 19.5 Å². The first-order chi connectivity index (χ1) is 12.7. The first-order valence-corrected chi connectivity index (χ1v) is 9.19. The summed E-state index contributed by atoms with van der Waals surface area (Å²) in [6.07, 6.45) is 0.987. The molecule has 0 saturated carbocycles. The predicted molar refractivity (Wildman–Crippen MR) is 101 cm³/mol. The first kappa shape index (κ1) is 18.5. The summed E-state index contributed by atoms with van der Waals surface area (Å²) >= 11 is 0. The number of halogens is 1. The zero-order chi connectivity index (χ0) is 18.2. The molecule has 0 unspecified atom stereocenters. The van der Waals surface area contributed by atoms with Gasteiger partial charge < -0.3 is 5.32 Å². The number of nitrogens with zero attached hydrogens (tertiary/aromatic N) is 2. The number of nitrogens with one attached hydrogen (secondary N) is 1. The van der Waals surface area contributed by atoms with Gasteiger partial charge in [-0.3, -0.25) is 14.6 Å². The van der Waals surface area contributed by atoms with Crippen LogP contribution in [-0.4, -0.2) is 48.4 Å². The fourth-order valence-electron chi connectivity index (χ4n) is 3.26. The molecule has 2 aromatic carbocycles. The van der Waals surface area contributed by atoms with Gasteiger partial charge in [-0.1, -0.05) is 48.5 Å². The van der Waals surface area contributed by atoms with Crippen molar-refractivity contribution in [3.63, 3.8) is 0 Å². The fraction of sp³-hybridized carbons (Fsp3) is 0.381. The quantitative estimate of drug-likeness (QED) is 0.865. The highest BCUT2D eigenvalue weighted by molar-refractivity contribution is 5.78. The maximum atomic E-state index is 13.8. The topological polar surface area (TPSA) is 35.6 Å². The van der Waals surface area contributed by atoms with Gasteiger partial charge in [-0.15, -0.1) is 0 Å². The molecule has 0 aromatic heterocycles. The molecular formula is C21H26FN3O. The first-order valence-electron chi connectivity index (χ1n) is 9.19. The van der Waals surface area contributed by atoms with Gasteiger partial charge in [0.05, 0.1) is 6.54 Å². The molecule has 1 heterocycles. The van der Waals surface area contributed by atoms with Gasteiger partial charge >= 0.3 is 0 Å². The number of rotatable bonds is 6. The van der Waals surface area contributed by atoms with Gasteiger partial charge in [-0.25, -0.2) is 4.39 Å². The van der Waals surface area contributed by atoms with E-state index in [1.54, 1.807) is 6.07 Å². The van der Waals surface area contributed by atoms with Crippen LogP contribution in [0.25, 0.3) is 0 Å². The lowest BCUT2D eigenvalue weighted by Crippen LogP contribution is -2.39. The monoisotopic (exact) mass is 355 g/mol. The average Bonchev–Trinajstić information content (AvgIpc) is 2.88. The van der Waals surface area contributed by atoms with Crippen LogP contribution in [0.1, 0.15) is 17.5 Å². The van der Waals surface area contributed by atoms with Gasteiger partial charge in [-0.2, -0.15) is 0 Å². The Hall–Kier alpha value is -2.24. The van der Waals surface area contributed by atoms with Crippen molar-refractivity contribution < 1.29 is 9.18 Å². The number of carbonyl (C=O) groups is 1. The normalized spacial score (nSPS) is 16.2. The summed E-state index contributed by atoms with van der Waals surface area (Å²) in [4.78, 5) is 16.6. The van der Waals surface area contributed by atoms with Gasteiger partial charge in [0.1, 0.15) is 5.82 Å². The number of benzene rings is 2. The van der Waals surface area contributed by atoms with Crippen molar-refractivity contribution in [2.24, 2.45) is 0 Å². The Morgan fingerprint density at radius 1 is 0.923 bits per heavy atom. The van der Waals surface area contributed by atoms with Crippen molar-refractivity contribution in [1.82, 2.24) is 15.1 Å². The SMILES string of the molecule is O=C(CN1CCCN(Cc2ccccc2F)CC1)NCc1ccccc1. The second-order valence-corrected chi connectivity index (χ2v) is 6.76. The average molecular weight is 355 g/mol. The van der Waals surface area contributed by atoms with Gasteiger partial charge in [-0.05, 0) is 31.1 Å². The molecule has 0 aliphatic carbocycles. The third-order valence-corrected chi connectivity index (χ3v) is 4.73. The van der Waals surface area contributed by atoms with Crippen molar-refractivity contribution in [3.8, 4) is 0 Å². The summed E-state index contributed by atoms with van der Waals surface area (Å²) in [5, 5.41) is 2.98. The van der Waals surface area contributed by atoms with Crippen LogP contribution in [-0.2, 0) is 17.9 Å². The fourth-order valence-corrected chi connectivity index (χ4v) is 3.26. The van der Waals surface area contributed by atoms with Crippen molar-refractivity contribution in [2.75, 3.05) is 32.7 Å².